The number of sulfonamides is 1. The SMILES string of the molecule is Cn1nccc1S(=O)(=O)Nc1cc(N)ccc1C(=O)O. The number of aryl methyl sites for hydroxylation is 1. The van der Waals surface area contributed by atoms with Crippen LogP contribution in [0, 0.1) is 0 Å². The molecule has 0 aliphatic carbocycles. The fourth-order valence-corrected chi connectivity index (χ4v) is 2.85. The molecule has 0 aliphatic heterocycles. The second kappa shape index (κ2) is 4.85. The molecule has 0 atom stereocenters. The van der Waals surface area contributed by atoms with Gasteiger partial charge in [-0.3, -0.25) is 9.40 Å². The van der Waals surface area contributed by atoms with E-state index in [0.717, 1.165) is 4.68 Å². The lowest BCUT2D eigenvalue weighted by molar-refractivity contribution is 0.0698. The molecule has 0 saturated carbocycles. The van der Waals surface area contributed by atoms with Crippen LogP contribution >= 0.6 is 0 Å². The van der Waals surface area contributed by atoms with Crippen LogP contribution in [-0.2, 0) is 17.1 Å². The van der Waals surface area contributed by atoms with E-state index in [1.54, 1.807) is 0 Å². The van der Waals surface area contributed by atoms with E-state index in [2.05, 4.69) is 9.82 Å². The van der Waals surface area contributed by atoms with Crippen molar-refractivity contribution >= 4 is 27.4 Å². The molecule has 2 aromatic rings. The number of nitrogens with one attached hydrogen (secondary N) is 1. The summed E-state index contributed by atoms with van der Waals surface area (Å²) in [6.45, 7) is 0. The third-order valence-electron chi connectivity index (χ3n) is 2.57. The van der Waals surface area contributed by atoms with E-state index in [-0.39, 0.29) is 22.0 Å². The maximum atomic E-state index is 12.2. The largest absolute Gasteiger partial charge is 0.478 e. The minimum atomic E-state index is -3.94. The number of nitrogens with zero attached hydrogens (tertiary/aromatic N) is 2. The lowest BCUT2D eigenvalue weighted by Gasteiger charge is -2.11. The Morgan fingerprint density at radius 2 is 2.10 bits per heavy atom. The summed E-state index contributed by atoms with van der Waals surface area (Å²) in [7, 11) is -2.48. The molecule has 1 heterocycles. The van der Waals surface area contributed by atoms with Crippen molar-refractivity contribution in [3.63, 3.8) is 0 Å². The van der Waals surface area contributed by atoms with E-state index in [4.69, 9.17) is 10.8 Å². The van der Waals surface area contributed by atoms with Crippen molar-refractivity contribution in [1.29, 1.82) is 0 Å². The zero-order chi connectivity index (χ0) is 14.9. The van der Waals surface area contributed by atoms with Crippen molar-refractivity contribution in [2.24, 2.45) is 7.05 Å². The number of benzene rings is 1. The van der Waals surface area contributed by atoms with Crippen LogP contribution in [0.2, 0.25) is 0 Å². The summed E-state index contributed by atoms with van der Waals surface area (Å²) < 4.78 is 27.7. The molecule has 20 heavy (non-hydrogen) atoms. The maximum absolute atomic E-state index is 12.2. The van der Waals surface area contributed by atoms with E-state index in [1.807, 2.05) is 0 Å². The predicted octanol–water partition coefficient (Wildman–Crippen LogP) is 0.501. The standard InChI is InChI=1S/C11H12N4O4S/c1-15-10(4-5-13-15)20(18,19)14-9-6-7(12)2-3-8(9)11(16)17/h2-6,14H,12H2,1H3,(H,16,17). The average molecular weight is 296 g/mol. The molecular weight excluding hydrogens is 284 g/mol. The van der Waals surface area contributed by atoms with Gasteiger partial charge in [0.15, 0.2) is 5.03 Å². The van der Waals surface area contributed by atoms with Crippen molar-refractivity contribution in [3.05, 3.63) is 36.0 Å². The van der Waals surface area contributed by atoms with Crippen LogP contribution in [0.4, 0.5) is 11.4 Å². The highest BCUT2D eigenvalue weighted by Crippen LogP contribution is 2.22. The third kappa shape index (κ3) is 2.57. The molecular formula is C11H12N4O4S. The van der Waals surface area contributed by atoms with Gasteiger partial charge in [0.2, 0.25) is 0 Å². The molecule has 0 aliphatic rings. The maximum Gasteiger partial charge on any atom is 0.337 e. The Balaban J connectivity index is 2.47. The van der Waals surface area contributed by atoms with Crippen molar-refractivity contribution in [3.8, 4) is 0 Å². The van der Waals surface area contributed by atoms with Gasteiger partial charge >= 0.3 is 5.97 Å². The highest BCUT2D eigenvalue weighted by atomic mass is 32.2. The Hall–Kier alpha value is -2.55. The Labute approximate surface area is 114 Å². The van der Waals surface area contributed by atoms with Crippen molar-refractivity contribution < 1.29 is 18.3 Å². The molecule has 2 rings (SSSR count). The van der Waals surface area contributed by atoms with Gasteiger partial charge in [0, 0.05) is 12.7 Å². The monoisotopic (exact) mass is 296 g/mol. The number of carboxylic acid groups (broad SMARTS) is 1. The summed E-state index contributed by atoms with van der Waals surface area (Å²) >= 11 is 0. The minimum absolute atomic E-state index is 0.0868. The van der Waals surface area contributed by atoms with Gasteiger partial charge in [-0.05, 0) is 24.3 Å². The topological polar surface area (TPSA) is 127 Å². The highest BCUT2D eigenvalue weighted by Gasteiger charge is 2.21. The molecule has 0 saturated heterocycles. The number of aromatic carboxylic acids is 1. The number of anilines is 2. The number of hydrogen-bond donors (Lipinski definition) is 3. The number of nitrogens with two attached hydrogens (primary N) is 1. The summed E-state index contributed by atoms with van der Waals surface area (Å²) in [6, 6.07) is 5.16. The fraction of sp³-hybridized carbons (Fsp3) is 0.0909. The molecule has 1 aromatic heterocycles. The lowest BCUT2D eigenvalue weighted by atomic mass is 10.1. The summed E-state index contributed by atoms with van der Waals surface area (Å²) in [4.78, 5) is 11.1. The predicted molar refractivity (Wildman–Crippen MR) is 71.8 cm³/mol. The number of carboxylic acids is 1. The average Bonchev–Trinajstić information content (AvgIpc) is 2.75. The van der Waals surface area contributed by atoms with E-state index in [1.165, 1.54) is 37.5 Å². The van der Waals surface area contributed by atoms with Crippen LogP contribution in [0.3, 0.4) is 0 Å². The number of hydrogen-bond acceptors (Lipinski definition) is 5. The van der Waals surface area contributed by atoms with Crippen molar-refractivity contribution in [2.45, 2.75) is 5.03 Å². The first-order chi connectivity index (χ1) is 9.31. The number of rotatable bonds is 4. The molecule has 4 N–H and O–H groups in total. The second-order valence-electron chi connectivity index (χ2n) is 4.01. The van der Waals surface area contributed by atoms with Crippen molar-refractivity contribution in [1.82, 2.24) is 9.78 Å². The zero-order valence-electron chi connectivity index (χ0n) is 10.4. The molecule has 0 spiro atoms. The van der Waals surface area contributed by atoms with Crippen LogP contribution in [-0.4, -0.2) is 29.3 Å². The number of nitrogen functional groups attached to an aromatic ring is 1. The normalized spacial score (nSPS) is 11.2. The highest BCUT2D eigenvalue weighted by molar-refractivity contribution is 7.92. The van der Waals surface area contributed by atoms with Gasteiger partial charge in [-0.25, -0.2) is 4.79 Å². The minimum Gasteiger partial charge on any atom is -0.478 e. The van der Waals surface area contributed by atoms with Gasteiger partial charge in [0.05, 0.1) is 17.4 Å². The van der Waals surface area contributed by atoms with Crippen LogP contribution in [0.1, 0.15) is 10.4 Å². The lowest BCUT2D eigenvalue weighted by Crippen LogP contribution is -2.18. The first-order valence-corrected chi connectivity index (χ1v) is 6.93. The fourth-order valence-electron chi connectivity index (χ4n) is 1.66. The summed E-state index contributed by atoms with van der Waals surface area (Å²) in [5, 5.41) is 12.7. The Morgan fingerprint density at radius 1 is 1.40 bits per heavy atom. The molecule has 0 unspecified atom stereocenters. The molecule has 1 aromatic carbocycles. The zero-order valence-corrected chi connectivity index (χ0v) is 11.3. The number of aromatic nitrogens is 2. The Bertz CT molecular complexity index is 766. The Kier molecular flexibility index (Phi) is 3.36. The molecule has 8 nitrogen and oxygen atoms in total. The van der Waals surface area contributed by atoms with E-state index in [0.29, 0.717) is 0 Å². The summed E-state index contributed by atoms with van der Waals surface area (Å²) in [5.41, 5.74) is 5.51. The first kappa shape index (κ1) is 13.9. The van der Waals surface area contributed by atoms with Gasteiger partial charge in [0.1, 0.15) is 0 Å². The summed E-state index contributed by atoms with van der Waals surface area (Å²) in [6.07, 6.45) is 1.33. The van der Waals surface area contributed by atoms with E-state index < -0.39 is 16.0 Å². The molecule has 0 radical (unpaired) electrons. The van der Waals surface area contributed by atoms with Crippen LogP contribution in [0.15, 0.2) is 35.5 Å². The van der Waals surface area contributed by atoms with Gasteiger partial charge in [0.25, 0.3) is 10.0 Å². The Morgan fingerprint density at radius 3 is 2.65 bits per heavy atom. The molecule has 0 fully saturated rings. The smallest absolute Gasteiger partial charge is 0.337 e. The first-order valence-electron chi connectivity index (χ1n) is 5.45. The molecule has 9 heteroatoms. The van der Waals surface area contributed by atoms with Gasteiger partial charge in [-0.2, -0.15) is 13.5 Å². The number of carbonyl (C=O) groups is 1. The second-order valence-corrected chi connectivity index (χ2v) is 5.64. The van der Waals surface area contributed by atoms with Gasteiger partial charge in [-0.15, -0.1) is 0 Å². The molecule has 0 bridgehead atoms. The van der Waals surface area contributed by atoms with E-state index in [9.17, 15) is 13.2 Å². The summed E-state index contributed by atoms with van der Waals surface area (Å²) in [5.74, 6) is -1.26. The van der Waals surface area contributed by atoms with Crippen LogP contribution in [0.5, 0.6) is 0 Å². The quantitative estimate of drug-likeness (QED) is 0.705. The van der Waals surface area contributed by atoms with Gasteiger partial charge in [-0.1, -0.05) is 0 Å². The van der Waals surface area contributed by atoms with Crippen LogP contribution in [0.25, 0.3) is 0 Å². The van der Waals surface area contributed by atoms with Crippen molar-refractivity contribution in [2.75, 3.05) is 10.5 Å². The van der Waals surface area contributed by atoms with E-state index >= 15 is 0 Å². The molecule has 106 valence electrons. The molecule has 0 amide bonds. The van der Waals surface area contributed by atoms with Crippen LogP contribution < -0.4 is 10.5 Å². The third-order valence-corrected chi connectivity index (χ3v) is 4.01. The van der Waals surface area contributed by atoms with Gasteiger partial charge < -0.3 is 10.8 Å².